The van der Waals surface area contributed by atoms with Crippen molar-refractivity contribution in [3.05, 3.63) is 150 Å². The van der Waals surface area contributed by atoms with E-state index in [1.807, 2.05) is 129 Å². The third-order valence-corrected chi connectivity index (χ3v) is 15.3. The Bertz CT molecular complexity index is 2510. The Labute approximate surface area is 529 Å². The molecule has 0 bridgehead atoms. The third-order valence-electron chi connectivity index (χ3n) is 14.4. The molecule has 0 aromatic heterocycles. The number of carbonyl (C=O) groups is 4. The lowest BCUT2D eigenvalue weighted by molar-refractivity contribution is -0.145. The number of aliphatic hydroxyl groups is 1. The molecule has 0 aliphatic carbocycles. The van der Waals surface area contributed by atoms with E-state index in [1.54, 1.807) is 0 Å². The first-order valence-corrected chi connectivity index (χ1v) is 33.6. The van der Waals surface area contributed by atoms with Crippen LogP contribution in [-0.2, 0) is 41.4 Å². The topological polar surface area (TPSA) is 174 Å². The summed E-state index contributed by atoms with van der Waals surface area (Å²) in [5, 5.41) is 20.4. The molecule has 0 radical (unpaired) electrons. The number of thioether (sulfide) groups is 1. The van der Waals surface area contributed by atoms with Crippen LogP contribution in [0.15, 0.2) is 127 Å². The molecule has 0 spiro atoms. The monoisotopic (exact) mass is 1220 g/mol. The van der Waals surface area contributed by atoms with Crippen LogP contribution in [0.2, 0.25) is 0 Å². The second kappa shape index (κ2) is 50.1. The highest BCUT2D eigenvalue weighted by atomic mass is 32.2. The van der Waals surface area contributed by atoms with Gasteiger partial charge in [0.2, 0.25) is 17.7 Å². The molecule has 14 heteroatoms. The average molecular weight is 1220 g/mol. The number of aliphatic hydroxyl groups excluding tert-OH is 1. The van der Waals surface area contributed by atoms with Crippen molar-refractivity contribution in [2.24, 2.45) is 5.92 Å². The van der Waals surface area contributed by atoms with Gasteiger partial charge in [-0.2, -0.15) is 0 Å². The molecule has 87 heavy (non-hydrogen) atoms. The lowest BCUT2D eigenvalue weighted by atomic mass is 10.0. The number of unbranched alkanes of at least 4 members (excludes halogenated alkanes) is 15. The molecule has 0 aliphatic rings. The van der Waals surface area contributed by atoms with Crippen molar-refractivity contribution < 1.29 is 43.2 Å². The van der Waals surface area contributed by atoms with E-state index >= 15 is 0 Å². The zero-order chi connectivity index (χ0) is 63.6. The molecule has 0 aliphatic heterocycles. The summed E-state index contributed by atoms with van der Waals surface area (Å²) < 4.78 is 24.5. The molecule has 5 aromatic carbocycles. The van der Waals surface area contributed by atoms with Gasteiger partial charge < -0.3 is 45.3 Å². The van der Waals surface area contributed by atoms with Crippen molar-refractivity contribution in [2.75, 3.05) is 58.9 Å². The maximum atomic E-state index is 13.5. The Hall–Kier alpha value is -5.77. The van der Waals surface area contributed by atoms with Crippen LogP contribution in [0.5, 0.6) is 5.75 Å². The van der Waals surface area contributed by atoms with Crippen molar-refractivity contribution in [3.63, 3.8) is 0 Å². The van der Waals surface area contributed by atoms with Crippen LogP contribution in [0, 0.1) is 12.8 Å². The first kappa shape index (κ1) is 77.3. The number of hydrogen-bond donors (Lipinski definition) is 5. The van der Waals surface area contributed by atoms with Crippen LogP contribution in [0.3, 0.4) is 0 Å². The normalized spacial score (nSPS) is 11.6. The lowest BCUT2D eigenvalue weighted by Crippen LogP contribution is -2.50. The minimum atomic E-state index is -0.895. The minimum Gasteiger partial charge on any atom is -0.493 e. The van der Waals surface area contributed by atoms with Gasteiger partial charge in [0, 0.05) is 51.0 Å². The van der Waals surface area contributed by atoms with Gasteiger partial charge in [-0.25, -0.2) is 0 Å². The fourth-order valence-corrected chi connectivity index (χ4v) is 10.0. The van der Waals surface area contributed by atoms with Crippen molar-refractivity contribution in [3.8, 4) is 5.75 Å². The number of rotatable bonds is 42. The number of benzene rings is 5. The molecule has 2 unspecified atom stereocenters. The predicted molar refractivity (Wildman–Crippen MR) is 363 cm³/mol. The van der Waals surface area contributed by atoms with E-state index in [1.165, 1.54) is 107 Å². The van der Waals surface area contributed by atoms with E-state index in [0.29, 0.717) is 31.4 Å². The van der Waals surface area contributed by atoms with Gasteiger partial charge in [-0.15, -0.1) is 0 Å². The van der Waals surface area contributed by atoms with Gasteiger partial charge in [-0.05, 0) is 73.6 Å². The number of ether oxygens (including phenoxy) is 4. The fourth-order valence-electron chi connectivity index (χ4n) is 9.29. The van der Waals surface area contributed by atoms with E-state index in [2.05, 4.69) is 74.9 Å². The third kappa shape index (κ3) is 39.0. The first-order valence-electron chi connectivity index (χ1n) is 32.6. The number of amides is 4. The van der Waals surface area contributed by atoms with Gasteiger partial charge in [0.1, 0.15) is 11.8 Å². The summed E-state index contributed by atoms with van der Waals surface area (Å²) in [5.41, 5.74) is 3.48. The molecule has 5 rings (SSSR count). The molecule has 0 saturated heterocycles. The van der Waals surface area contributed by atoms with E-state index < -0.39 is 24.1 Å². The van der Waals surface area contributed by atoms with Crippen LogP contribution >= 0.6 is 11.8 Å². The highest BCUT2D eigenvalue weighted by Gasteiger charge is 2.23. The molecule has 484 valence electrons. The Morgan fingerprint density at radius 2 is 1.11 bits per heavy atom. The number of aryl methyl sites for hydroxylation is 1. The predicted octanol–water partition coefficient (Wildman–Crippen LogP) is 16.0. The van der Waals surface area contributed by atoms with Crippen molar-refractivity contribution >= 4 is 45.5 Å². The molecule has 0 fully saturated rings. The minimum absolute atomic E-state index is 0.0679. The SMILES string of the molecule is CC.CCCCCCCCCCCCCCCCCCSC(=O)NCCOC(OCCNC(=O)CNC(=O)C(Cc1ccccc1)NC(=O)Cc1ccc2ccccc2c1)c1ccc(OCCC(C)(C)OCCC(C)C)cc1.CO.Cc1ccccc1. The Morgan fingerprint density at radius 3 is 1.68 bits per heavy atom. The maximum absolute atomic E-state index is 13.5. The van der Waals surface area contributed by atoms with Crippen LogP contribution < -0.4 is 26.0 Å². The lowest BCUT2D eigenvalue weighted by Gasteiger charge is -2.26. The van der Waals surface area contributed by atoms with Crippen LogP contribution in [0.4, 0.5) is 4.79 Å². The van der Waals surface area contributed by atoms with Crippen molar-refractivity contribution in [1.29, 1.82) is 0 Å². The van der Waals surface area contributed by atoms with Gasteiger partial charge in [0.25, 0.3) is 5.24 Å². The van der Waals surface area contributed by atoms with Crippen LogP contribution in [0.1, 0.15) is 193 Å². The standard InChI is InChI=1S/C63H94N4O8S.C7H8.C2H6.CH4O/c1-6-7-8-9-10-11-12-13-14-15-16-17-18-19-20-26-45-76-62(71)65-40-44-74-61(54-33-35-56(36-34-54)72-42-38-63(4,5)75-41-37-50(2)3)73-43-39-64-59(69)49-66-60(70)57(47-51-27-22-21-23-28-51)67-58(68)48-52-31-32-53-29-24-25-30-55(53)46-52;1-7-5-3-2-4-6-7;2*1-2/h21-25,27-36,46,50,57,61H,6-20,26,37-45,47-49H2,1-5H3,(H,64,69)(H,65,71)(H,66,70)(H,67,68);2-6H,1H3;1-2H3;2H,1H3. The molecule has 5 aromatic rings. The molecule has 0 saturated carbocycles. The summed E-state index contributed by atoms with van der Waals surface area (Å²) in [5.74, 6) is 0.912. The zero-order valence-corrected chi connectivity index (χ0v) is 55.6. The Balaban J connectivity index is 0.00000214. The summed E-state index contributed by atoms with van der Waals surface area (Å²) >= 11 is 1.32. The van der Waals surface area contributed by atoms with E-state index in [-0.39, 0.29) is 55.9 Å². The molecule has 0 heterocycles. The Kier molecular flexibility index (Phi) is 44.6. The molecule has 13 nitrogen and oxygen atoms in total. The largest absolute Gasteiger partial charge is 0.493 e. The van der Waals surface area contributed by atoms with E-state index in [4.69, 9.17) is 24.1 Å². The van der Waals surface area contributed by atoms with E-state index in [0.717, 1.165) is 66.0 Å². The summed E-state index contributed by atoms with van der Waals surface area (Å²) in [6, 6.07) is 40.2. The Morgan fingerprint density at radius 1 is 0.575 bits per heavy atom. The number of fused-ring (bicyclic) bond motifs is 1. The van der Waals surface area contributed by atoms with Crippen LogP contribution in [0.25, 0.3) is 10.8 Å². The van der Waals surface area contributed by atoms with Gasteiger partial charge in [-0.1, -0.05) is 264 Å². The average Bonchev–Trinajstić information content (AvgIpc) is 3.73. The maximum Gasteiger partial charge on any atom is 0.279 e. The van der Waals surface area contributed by atoms with Gasteiger partial charge in [-0.3, -0.25) is 19.2 Å². The highest BCUT2D eigenvalue weighted by molar-refractivity contribution is 8.13. The van der Waals surface area contributed by atoms with Crippen molar-refractivity contribution in [1.82, 2.24) is 21.3 Å². The molecule has 2 atom stereocenters. The summed E-state index contributed by atoms with van der Waals surface area (Å²) in [6.45, 7) is 18.6. The summed E-state index contributed by atoms with van der Waals surface area (Å²) in [6.07, 6.45) is 22.5. The number of carbonyl (C=O) groups excluding carboxylic acids is 4. The highest BCUT2D eigenvalue weighted by Crippen LogP contribution is 2.24. The summed E-state index contributed by atoms with van der Waals surface area (Å²) in [4.78, 5) is 52.5. The first-order chi connectivity index (χ1) is 42.3. The number of nitrogens with one attached hydrogen (secondary N) is 4. The quantitative estimate of drug-likeness (QED) is 0.0187. The second-order valence-electron chi connectivity index (χ2n) is 22.8. The smallest absolute Gasteiger partial charge is 0.279 e. The van der Waals surface area contributed by atoms with Gasteiger partial charge in [0.05, 0.1) is 38.4 Å². The van der Waals surface area contributed by atoms with Crippen molar-refractivity contribution in [2.45, 2.75) is 202 Å². The molecular formula is C73H112N4O9S. The zero-order valence-electron chi connectivity index (χ0n) is 54.8. The summed E-state index contributed by atoms with van der Waals surface area (Å²) in [7, 11) is 1.00. The fraction of sp³-hybridized carbons (Fsp3) is 0.562. The van der Waals surface area contributed by atoms with Gasteiger partial charge in [0.15, 0.2) is 6.29 Å². The second-order valence-corrected chi connectivity index (χ2v) is 23.9. The molecular weight excluding hydrogens is 1110 g/mol. The molecule has 4 amide bonds. The van der Waals surface area contributed by atoms with Gasteiger partial charge >= 0.3 is 0 Å². The van der Waals surface area contributed by atoms with E-state index in [9.17, 15) is 19.2 Å². The number of hydrogen-bond acceptors (Lipinski definition) is 10. The van der Waals surface area contributed by atoms with Crippen LogP contribution in [-0.4, -0.2) is 98.6 Å². The molecule has 5 N–H and O–H groups in total.